The Kier molecular flexibility index (Phi) is 2.88. The zero-order chi connectivity index (χ0) is 12.4. The third kappa shape index (κ3) is 1.82. The highest BCUT2D eigenvalue weighted by Crippen LogP contribution is 2.43. The van der Waals surface area contributed by atoms with E-state index >= 15 is 0 Å². The Labute approximate surface area is 106 Å². The van der Waals surface area contributed by atoms with Crippen LogP contribution in [-0.2, 0) is 5.60 Å². The van der Waals surface area contributed by atoms with E-state index < -0.39 is 5.60 Å². The fourth-order valence-electron chi connectivity index (χ4n) is 2.93. The first-order valence-corrected chi connectivity index (χ1v) is 6.43. The highest BCUT2D eigenvalue weighted by atomic mass is 16.3. The quantitative estimate of drug-likeness (QED) is 0.880. The van der Waals surface area contributed by atoms with Crippen LogP contribution >= 0.6 is 0 Å². The van der Waals surface area contributed by atoms with Gasteiger partial charge in [0, 0.05) is 0 Å². The molecule has 0 aliphatic heterocycles. The molecule has 3 rings (SSSR count). The summed E-state index contributed by atoms with van der Waals surface area (Å²) in [4.78, 5) is 4.00. The molecule has 2 atom stereocenters. The second kappa shape index (κ2) is 4.53. The van der Waals surface area contributed by atoms with E-state index in [1.165, 1.54) is 6.33 Å². The lowest BCUT2D eigenvalue weighted by Gasteiger charge is -2.40. The topological polar surface area (TPSA) is 50.9 Å². The normalized spacial score (nSPS) is 28.2. The van der Waals surface area contributed by atoms with Crippen molar-refractivity contribution >= 4 is 0 Å². The van der Waals surface area contributed by atoms with Gasteiger partial charge in [0.2, 0.25) is 0 Å². The Balaban J connectivity index is 2.01. The third-order valence-corrected chi connectivity index (χ3v) is 3.87. The molecule has 0 bridgehead atoms. The van der Waals surface area contributed by atoms with E-state index in [0.29, 0.717) is 0 Å². The van der Waals surface area contributed by atoms with Crippen molar-refractivity contribution in [3.05, 3.63) is 48.5 Å². The van der Waals surface area contributed by atoms with E-state index in [9.17, 15) is 5.11 Å². The largest absolute Gasteiger partial charge is 0.383 e. The molecule has 1 aliphatic carbocycles. The summed E-state index contributed by atoms with van der Waals surface area (Å²) in [5.74, 6) is 0. The van der Waals surface area contributed by atoms with Gasteiger partial charge in [-0.25, -0.2) is 9.67 Å². The van der Waals surface area contributed by atoms with Crippen LogP contribution in [0.4, 0.5) is 0 Å². The zero-order valence-corrected chi connectivity index (χ0v) is 10.2. The molecule has 1 aliphatic rings. The first-order chi connectivity index (χ1) is 8.81. The van der Waals surface area contributed by atoms with Crippen molar-refractivity contribution in [2.24, 2.45) is 0 Å². The zero-order valence-electron chi connectivity index (χ0n) is 10.2. The second-order valence-electron chi connectivity index (χ2n) is 4.93. The lowest BCUT2D eigenvalue weighted by Crippen LogP contribution is -2.39. The number of rotatable bonds is 2. The van der Waals surface area contributed by atoms with Crippen LogP contribution in [0.25, 0.3) is 0 Å². The molecule has 1 saturated carbocycles. The Morgan fingerprint density at radius 3 is 2.78 bits per heavy atom. The predicted octanol–water partition coefficient (Wildman–Crippen LogP) is 2.28. The van der Waals surface area contributed by atoms with Gasteiger partial charge in [-0.15, -0.1) is 0 Å². The van der Waals surface area contributed by atoms with E-state index in [-0.39, 0.29) is 6.04 Å². The molecule has 2 aromatic rings. The van der Waals surface area contributed by atoms with Crippen LogP contribution in [0.2, 0.25) is 0 Å². The standard InChI is InChI=1S/C14H17N3O/c18-14(12-6-2-1-3-7-12)9-5-4-8-13(14)17-11-15-10-16-17/h1-3,6-7,10-11,13,18H,4-5,8-9H2. The number of hydrogen-bond donors (Lipinski definition) is 1. The fourth-order valence-corrected chi connectivity index (χ4v) is 2.93. The van der Waals surface area contributed by atoms with Crippen molar-refractivity contribution in [2.45, 2.75) is 37.3 Å². The average Bonchev–Trinajstić information content (AvgIpc) is 2.94. The minimum Gasteiger partial charge on any atom is -0.383 e. The third-order valence-electron chi connectivity index (χ3n) is 3.87. The van der Waals surface area contributed by atoms with Crippen molar-refractivity contribution in [2.75, 3.05) is 0 Å². The molecule has 0 saturated heterocycles. The van der Waals surface area contributed by atoms with Crippen LogP contribution < -0.4 is 0 Å². The fraction of sp³-hybridized carbons (Fsp3) is 0.429. The van der Waals surface area contributed by atoms with Gasteiger partial charge in [-0.2, -0.15) is 5.10 Å². The molecule has 0 spiro atoms. The van der Waals surface area contributed by atoms with Crippen LogP contribution in [-0.4, -0.2) is 19.9 Å². The van der Waals surface area contributed by atoms with E-state index in [0.717, 1.165) is 31.2 Å². The van der Waals surface area contributed by atoms with Crippen molar-refractivity contribution in [3.8, 4) is 0 Å². The minimum absolute atomic E-state index is 0.0175. The number of nitrogens with zero attached hydrogens (tertiary/aromatic N) is 3. The molecular formula is C14H17N3O. The summed E-state index contributed by atoms with van der Waals surface area (Å²) in [6.45, 7) is 0. The van der Waals surface area contributed by atoms with Crippen molar-refractivity contribution in [1.29, 1.82) is 0 Å². The Morgan fingerprint density at radius 1 is 1.22 bits per heavy atom. The summed E-state index contributed by atoms with van der Waals surface area (Å²) in [6.07, 6.45) is 7.12. The Morgan fingerprint density at radius 2 is 2.06 bits per heavy atom. The Bertz CT molecular complexity index is 497. The van der Waals surface area contributed by atoms with Crippen molar-refractivity contribution in [3.63, 3.8) is 0 Å². The summed E-state index contributed by atoms with van der Waals surface area (Å²) in [5.41, 5.74) is 0.151. The van der Waals surface area contributed by atoms with Crippen molar-refractivity contribution < 1.29 is 5.11 Å². The number of aromatic nitrogens is 3. The number of benzene rings is 1. The molecule has 0 radical (unpaired) electrons. The van der Waals surface area contributed by atoms with Gasteiger partial charge >= 0.3 is 0 Å². The van der Waals surface area contributed by atoms with Gasteiger partial charge in [-0.05, 0) is 18.4 Å². The molecule has 1 heterocycles. The minimum atomic E-state index is -0.826. The SMILES string of the molecule is OC1(c2ccccc2)CCCCC1n1cncn1. The molecule has 1 aromatic carbocycles. The molecule has 4 nitrogen and oxygen atoms in total. The first kappa shape index (κ1) is 11.4. The van der Waals surface area contributed by atoms with Crippen LogP contribution in [0.15, 0.2) is 43.0 Å². The van der Waals surface area contributed by atoms with E-state index in [1.807, 2.05) is 30.3 Å². The summed E-state index contributed by atoms with van der Waals surface area (Å²) in [6, 6.07) is 9.89. The highest BCUT2D eigenvalue weighted by Gasteiger charge is 2.41. The average molecular weight is 243 g/mol. The summed E-state index contributed by atoms with van der Waals surface area (Å²) < 4.78 is 1.80. The summed E-state index contributed by atoms with van der Waals surface area (Å²) in [7, 11) is 0. The molecule has 94 valence electrons. The number of aliphatic hydroxyl groups is 1. The summed E-state index contributed by atoms with van der Waals surface area (Å²) in [5, 5.41) is 15.3. The lowest BCUT2D eigenvalue weighted by molar-refractivity contribution is -0.0516. The van der Waals surface area contributed by atoms with Gasteiger partial charge in [0.15, 0.2) is 0 Å². The van der Waals surface area contributed by atoms with Crippen LogP contribution in [0.3, 0.4) is 0 Å². The molecule has 1 aromatic heterocycles. The molecular weight excluding hydrogens is 226 g/mol. The number of hydrogen-bond acceptors (Lipinski definition) is 3. The van der Waals surface area contributed by atoms with Gasteiger partial charge in [0.25, 0.3) is 0 Å². The van der Waals surface area contributed by atoms with E-state index in [4.69, 9.17) is 0 Å². The maximum Gasteiger partial charge on any atom is 0.137 e. The molecule has 0 amide bonds. The molecule has 2 unspecified atom stereocenters. The van der Waals surface area contributed by atoms with Crippen LogP contribution in [0.1, 0.15) is 37.3 Å². The van der Waals surface area contributed by atoms with Crippen LogP contribution in [0, 0.1) is 0 Å². The highest BCUT2D eigenvalue weighted by molar-refractivity contribution is 5.24. The van der Waals surface area contributed by atoms with E-state index in [2.05, 4.69) is 10.1 Å². The van der Waals surface area contributed by atoms with Gasteiger partial charge in [0.05, 0.1) is 6.04 Å². The lowest BCUT2D eigenvalue weighted by atomic mass is 9.76. The maximum absolute atomic E-state index is 11.1. The van der Waals surface area contributed by atoms with Gasteiger partial charge in [-0.3, -0.25) is 0 Å². The smallest absolute Gasteiger partial charge is 0.137 e. The predicted molar refractivity (Wildman–Crippen MR) is 67.9 cm³/mol. The molecule has 1 N–H and O–H groups in total. The van der Waals surface area contributed by atoms with Gasteiger partial charge < -0.3 is 5.11 Å². The second-order valence-corrected chi connectivity index (χ2v) is 4.93. The van der Waals surface area contributed by atoms with Gasteiger partial charge in [0.1, 0.15) is 18.3 Å². The Hall–Kier alpha value is -1.68. The van der Waals surface area contributed by atoms with Gasteiger partial charge in [-0.1, -0.05) is 43.2 Å². The maximum atomic E-state index is 11.1. The summed E-state index contributed by atoms with van der Waals surface area (Å²) >= 11 is 0. The molecule has 18 heavy (non-hydrogen) atoms. The monoisotopic (exact) mass is 243 g/mol. The molecule has 1 fully saturated rings. The first-order valence-electron chi connectivity index (χ1n) is 6.43. The van der Waals surface area contributed by atoms with E-state index in [1.54, 1.807) is 11.0 Å². The molecule has 4 heteroatoms. The van der Waals surface area contributed by atoms with Crippen LogP contribution in [0.5, 0.6) is 0 Å². The van der Waals surface area contributed by atoms with Crippen molar-refractivity contribution in [1.82, 2.24) is 14.8 Å².